The highest BCUT2D eigenvalue weighted by atomic mass is 16.6. The van der Waals surface area contributed by atoms with Crippen LogP contribution < -0.4 is 0 Å². The summed E-state index contributed by atoms with van der Waals surface area (Å²) in [5.41, 5.74) is -1.29. The molecule has 9 heteroatoms. The van der Waals surface area contributed by atoms with E-state index >= 15 is 0 Å². The number of rotatable bonds is 5. The van der Waals surface area contributed by atoms with Gasteiger partial charge in [-0.1, -0.05) is 33.8 Å². The number of methoxy groups -OCH3 is 1. The average Bonchev–Trinajstić information content (AvgIpc) is 3.39. The molecule has 0 radical (unpaired) electrons. The Morgan fingerprint density at radius 2 is 1.90 bits per heavy atom. The van der Waals surface area contributed by atoms with Gasteiger partial charge in [0.05, 0.1) is 25.6 Å². The van der Waals surface area contributed by atoms with Crippen LogP contribution in [0.15, 0.2) is 46.3 Å². The molecule has 5 aliphatic rings. The maximum absolute atomic E-state index is 14.6. The fourth-order valence-corrected chi connectivity index (χ4v) is 9.08. The number of cyclic esters (lactones) is 1. The predicted octanol–water partition coefficient (Wildman–Crippen LogP) is 4.66. The Morgan fingerprint density at radius 3 is 2.54 bits per heavy atom. The van der Waals surface area contributed by atoms with Crippen LogP contribution in [0.2, 0.25) is 0 Å². The summed E-state index contributed by atoms with van der Waals surface area (Å²) >= 11 is 0. The topological polar surface area (TPSA) is 122 Å². The first-order valence-corrected chi connectivity index (χ1v) is 14.4. The number of esters is 3. The zero-order chi connectivity index (χ0) is 29.7. The van der Waals surface area contributed by atoms with Gasteiger partial charge in [-0.25, -0.2) is 9.59 Å². The van der Waals surface area contributed by atoms with Gasteiger partial charge in [0, 0.05) is 45.8 Å². The Kier molecular flexibility index (Phi) is 6.07. The zero-order valence-electron chi connectivity index (χ0n) is 24.6. The van der Waals surface area contributed by atoms with Crippen LogP contribution in [0.5, 0.6) is 0 Å². The molecule has 1 aromatic rings. The van der Waals surface area contributed by atoms with E-state index in [-0.39, 0.29) is 18.1 Å². The van der Waals surface area contributed by atoms with Crippen LogP contribution in [0.4, 0.5) is 0 Å². The van der Waals surface area contributed by atoms with Crippen LogP contribution in [0.25, 0.3) is 0 Å². The Morgan fingerprint density at radius 1 is 1.17 bits per heavy atom. The Bertz CT molecular complexity index is 1390. The summed E-state index contributed by atoms with van der Waals surface area (Å²) < 4.78 is 29.2. The van der Waals surface area contributed by atoms with E-state index in [1.165, 1.54) is 7.11 Å². The molecular formula is C32H38O9. The second-order valence-corrected chi connectivity index (χ2v) is 13.4. The lowest BCUT2D eigenvalue weighted by Crippen LogP contribution is -2.71. The number of hydrogen-bond donors (Lipinski definition) is 0. The first-order valence-electron chi connectivity index (χ1n) is 14.4. The van der Waals surface area contributed by atoms with E-state index in [1.807, 2.05) is 20.8 Å². The molecule has 1 aromatic heterocycles. The lowest BCUT2D eigenvalue weighted by Gasteiger charge is -2.63. The molecule has 0 amide bonds. The van der Waals surface area contributed by atoms with Crippen molar-refractivity contribution < 1.29 is 42.5 Å². The van der Waals surface area contributed by atoms with Crippen LogP contribution in [0, 0.1) is 34.0 Å². The Labute approximate surface area is 239 Å². The third kappa shape index (κ3) is 3.50. The standard InChI is InChI=1S/C32H38O9/c1-8-16(2)28(36)40-26-23-24(35)31(6,19(29(26,3)4)13-21(33)37-7)18-9-11-30(5)20(32(18)27(23)41-32)14-22(34)39-25(30)17-10-12-38-15-17/h8,10,12,14-15,18-19,23,25-27H,9,11,13H2,1-7H3. The molecule has 220 valence electrons. The summed E-state index contributed by atoms with van der Waals surface area (Å²) in [7, 11) is 1.33. The van der Waals surface area contributed by atoms with Crippen molar-refractivity contribution in [2.75, 3.05) is 7.11 Å². The number of ether oxygens (including phenoxy) is 4. The maximum atomic E-state index is 14.6. The Hall–Kier alpha value is -3.20. The van der Waals surface area contributed by atoms with Gasteiger partial charge in [0.25, 0.3) is 0 Å². The molecule has 6 rings (SSSR count). The minimum atomic E-state index is -0.997. The van der Waals surface area contributed by atoms with Crippen LogP contribution >= 0.6 is 0 Å². The Balaban J connectivity index is 1.51. The molecule has 0 N–H and O–H groups in total. The number of carbonyl (C=O) groups is 4. The van der Waals surface area contributed by atoms with Crippen LogP contribution in [0.3, 0.4) is 0 Å². The minimum Gasteiger partial charge on any atom is -0.472 e. The van der Waals surface area contributed by atoms with Gasteiger partial charge in [-0.2, -0.15) is 0 Å². The quantitative estimate of drug-likeness (QED) is 0.217. The molecule has 9 nitrogen and oxygen atoms in total. The molecule has 1 saturated heterocycles. The highest BCUT2D eigenvalue weighted by Gasteiger charge is 2.84. The van der Waals surface area contributed by atoms with E-state index in [9.17, 15) is 19.2 Å². The van der Waals surface area contributed by atoms with Gasteiger partial charge in [0.15, 0.2) is 0 Å². The minimum absolute atomic E-state index is 0.0115. The number of allylic oxidation sites excluding steroid dienone is 1. The van der Waals surface area contributed by atoms with E-state index in [2.05, 4.69) is 6.92 Å². The molecule has 3 aliphatic carbocycles. The number of ketones is 1. The molecule has 41 heavy (non-hydrogen) atoms. The maximum Gasteiger partial charge on any atom is 0.333 e. The van der Waals surface area contributed by atoms with Crippen molar-refractivity contribution in [1.82, 2.24) is 0 Å². The van der Waals surface area contributed by atoms with Gasteiger partial charge in [0.1, 0.15) is 29.7 Å². The number of carbonyl (C=O) groups excluding carboxylic acids is 4. The molecule has 2 aliphatic heterocycles. The lowest BCUT2D eigenvalue weighted by molar-refractivity contribution is -0.202. The number of epoxide rings is 1. The van der Waals surface area contributed by atoms with Gasteiger partial charge in [-0.05, 0) is 44.2 Å². The van der Waals surface area contributed by atoms with Gasteiger partial charge < -0.3 is 23.4 Å². The summed E-state index contributed by atoms with van der Waals surface area (Å²) in [6.45, 7) is 11.4. The second kappa shape index (κ2) is 8.90. The van der Waals surface area contributed by atoms with Crippen LogP contribution in [0.1, 0.15) is 72.5 Å². The van der Waals surface area contributed by atoms with Crippen molar-refractivity contribution in [3.8, 4) is 0 Å². The first-order chi connectivity index (χ1) is 19.3. The molecule has 9 atom stereocenters. The first kappa shape index (κ1) is 27.9. The summed E-state index contributed by atoms with van der Waals surface area (Å²) in [5, 5.41) is 0. The summed E-state index contributed by atoms with van der Waals surface area (Å²) in [4.78, 5) is 53.7. The molecule has 2 bridgehead atoms. The largest absolute Gasteiger partial charge is 0.472 e. The van der Waals surface area contributed by atoms with Gasteiger partial charge >= 0.3 is 17.9 Å². The monoisotopic (exact) mass is 566 g/mol. The van der Waals surface area contributed by atoms with Crippen LogP contribution in [-0.2, 0) is 38.1 Å². The summed E-state index contributed by atoms with van der Waals surface area (Å²) in [5.74, 6) is -3.03. The summed E-state index contributed by atoms with van der Waals surface area (Å²) in [6, 6.07) is 1.80. The van der Waals surface area contributed by atoms with Crippen molar-refractivity contribution in [3.63, 3.8) is 0 Å². The van der Waals surface area contributed by atoms with Crippen molar-refractivity contribution in [3.05, 3.63) is 47.5 Å². The number of hydrogen-bond acceptors (Lipinski definition) is 9. The molecule has 9 unspecified atom stereocenters. The average molecular weight is 567 g/mol. The fraction of sp³-hybridized carbons (Fsp3) is 0.625. The number of Topliss-reactive ketones (excluding diaryl/α,β-unsaturated/α-hetero) is 1. The van der Waals surface area contributed by atoms with E-state index in [0.717, 1.165) is 11.1 Å². The fourth-order valence-electron chi connectivity index (χ4n) is 9.08. The van der Waals surface area contributed by atoms with Crippen LogP contribution in [-0.4, -0.2) is 48.6 Å². The summed E-state index contributed by atoms with van der Waals surface area (Å²) in [6.07, 6.45) is 5.62. The lowest BCUT2D eigenvalue weighted by atomic mass is 9.38. The molecule has 1 spiro atoms. The molecule has 3 heterocycles. The van der Waals surface area contributed by atoms with E-state index < -0.39 is 69.9 Å². The number of fused-ring (bicyclic) bond motifs is 5. The number of furan rings is 1. The molecule has 0 aromatic carbocycles. The van der Waals surface area contributed by atoms with Gasteiger partial charge in [-0.15, -0.1) is 0 Å². The van der Waals surface area contributed by atoms with Crippen molar-refractivity contribution in [1.29, 1.82) is 0 Å². The SMILES string of the molecule is CC=C(C)C(=O)OC1C2C(=O)C(C)(C(CC(=O)OC)C1(C)C)C1CCC3(C)C(=CC(=O)OC3c3ccoc3)C13OC23. The van der Waals surface area contributed by atoms with E-state index in [4.69, 9.17) is 23.4 Å². The highest BCUT2D eigenvalue weighted by molar-refractivity contribution is 5.95. The highest BCUT2D eigenvalue weighted by Crippen LogP contribution is 2.76. The van der Waals surface area contributed by atoms with Gasteiger partial charge in [0.2, 0.25) is 0 Å². The zero-order valence-corrected chi connectivity index (χ0v) is 24.6. The smallest absolute Gasteiger partial charge is 0.333 e. The molecular weight excluding hydrogens is 528 g/mol. The van der Waals surface area contributed by atoms with E-state index in [0.29, 0.717) is 18.4 Å². The third-order valence-electron chi connectivity index (χ3n) is 11.3. The van der Waals surface area contributed by atoms with Crippen molar-refractivity contribution in [2.45, 2.75) is 84.7 Å². The van der Waals surface area contributed by atoms with Crippen molar-refractivity contribution in [2.24, 2.45) is 34.0 Å². The van der Waals surface area contributed by atoms with Crippen molar-refractivity contribution >= 4 is 23.7 Å². The molecule has 4 fully saturated rings. The van der Waals surface area contributed by atoms with Gasteiger partial charge in [-0.3, -0.25) is 9.59 Å². The normalized spacial score (nSPS) is 42.1. The second-order valence-electron chi connectivity index (χ2n) is 13.4. The van der Waals surface area contributed by atoms with E-state index in [1.54, 1.807) is 44.6 Å². The molecule has 3 saturated carbocycles. The predicted molar refractivity (Wildman–Crippen MR) is 144 cm³/mol. The third-order valence-corrected chi connectivity index (χ3v) is 11.3.